The van der Waals surface area contributed by atoms with E-state index in [1.165, 1.54) is 0 Å². The molecule has 1 aromatic carbocycles. The van der Waals surface area contributed by atoms with Crippen LogP contribution in [-0.4, -0.2) is 16.1 Å². The number of hydrogen-bond donors (Lipinski definition) is 0. The normalized spacial score (nSPS) is 10.8. The molecule has 0 spiro atoms. The van der Waals surface area contributed by atoms with E-state index in [0.29, 0.717) is 0 Å². The van der Waals surface area contributed by atoms with Crippen molar-refractivity contribution < 1.29 is 4.74 Å². The molecular weight excluding hydrogens is 260 g/mol. The Morgan fingerprint density at radius 2 is 2.11 bits per heavy atom. The minimum Gasteiger partial charge on any atom is -0.491 e. The van der Waals surface area contributed by atoms with Crippen molar-refractivity contribution in [2.24, 2.45) is 0 Å². The Labute approximate surface area is 118 Å². The second kappa shape index (κ2) is 6.02. The lowest BCUT2D eigenvalue weighted by atomic mass is 10.1. The predicted octanol–water partition coefficient (Wildman–Crippen LogP) is 3.82. The number of halogens is 1. The third-order valence-electron chi connectivity index (χ3n) is 2.69. The van der Waals surface area contributed by atoms with Gasteiger partial charge in [-0.3, -0.25) is 0 Å². The Bertz CT molecular complexity index is 570. The van der Waals surface area contributed by atoms with Gasteiger partial charge < -0.3 is 4.74 Å². The third-order valence-corrected chi connectivity index (χ3v) is 2.87. The van der Waals surface area contributed by atoms with Gasteiger partial charge >= 0.3 is 0 Å². The minimum absolute atomic E-state index is 0.172. The molecule has 1 aromatic heterocycles. The highest BCUT2D eigenvalue weighted by atomic mass is 35.5. The zero-order chi connectivity index (χ0) is 13.8. The average molecular weight is 277 g/mol. The van der Waals surface area contributed by atoms with Gasteiger partial charge in [0.05, 0.1) is 11.8 Å². The highest BCUT2D eigenvalue weighted by Gasteiger charge is 2.05. The number of aromatic nitrogens is 2. The van der Waals surface area contributed by atoms with Crippen LogP contribution < -0.4 is 4.74 Å². The van der Waals surface area contributed by atoms with Gasteiger partial charge in [0.2, 0.25) is 5.28 Å². The van der Waals surface area contributed by atoms with Crippen LogP contribution in [0, 0.1) is 6.92 Å². The van der Waals surface area contributed by atoms with Crippen LogP contribution in [0.3, 0.4) is 0 Å². The van der Waals surface area contributed by atoms with E-state index in [1.54, 1.807) is 6.20 Å². The summed E-state index contributed by atoms with van der Waals surface area (Å²) in [5.41, 5.74) is 3.14. The van der Waals surface area contributed by atoms with E-state index >= 15 is 0 Å². The topological polar surface area (TPSA) is 35.0 Å². The summed E-state index contributed by atoms with van der Waals surface area (Å²) in [4.78, 5) is 8.24. The molecule has 0 radical (unpaired) electrons. The maximum atomic E-state index is 5.84. The largest absolute Gasteiger partial charge is 0.491 e. The molecule has 100 valence electrons. The number of benzene rings is 1. The van der Waals surface area contributed by atoms with E-state index in [0.717, 1.165) is 29.0 Å². The molecule has 0 aliphatic carbocycles. The quantitative estimate of drug-likeness (QED) is 0.797. The predicted molar refractivity (Wildman–Crippen MR) is 76.8 cm³/mol. The van der Waals surface area contributed by atoms with Crippen molar-refractivity contribution in [2.45, 2.75) is 33.3 Å². The van der Waals surface area contributed by atoms with Gasteiger partial charge in [-0.2, -0.15) is 0 Å². The third kappa shape index (κ3) is 3.93. The fourth-order valence-corrected chi connectivity index (χ4v) is 1.98. The molecule has 0 aliphatic rings. The molecule has 0 N–H and O–H groups in total. The fourth-order valence-electron chi connectivity index (χ4n) is 1.83. The summed E-state index contributed by atoms with van der Waals surface area (Å²) >= 11 is 5.84. The van der Waals surface area contributed by atoms with E-state index in [-0.39, 0.29) is 11.4 Å². The molecule has 0 fully saturated rings. The number of rotatable bonds is 4. The molecule has 0 saturated heterocycles. The average Bonchev–Trinajstić information content (AvgIpc) is 2.33. The molecular formula is C15H17ClN2O. The zero-order valence-corrected chi connectivity index (χ0v) is 12.1. The van der Waals surface area contributed by atoms with Gasteiger partial charge in [0.15, 0.2) is 0 Å². The smallest absolute Gasteiger partial charge is 0.222 e. The first-order valence-corrected chi connectivity index (χ1v) is 6.66. The molecule has 3 nitrogen and oxygen atoms in total. The molecule has 0 aliphatic heterocycles. The lowest BCUT2D eigenvalue weighted by Gasteiger charge is -2.11. The maximum absolute atomic E-state index is 5.84. The van der Waals surface area contributed by atoms with Crippen LogP contribution in [0.5, 0.6) is 5.75 Å². The summed E-state index contributed by atoms with van der Waals surface area (Å²) in [6.07, 6.45) is 2.65. The molecule has 4 heteroatoms. The second-order valence-electron chi connectivity index (χ2n) is 4.76. The van der Waals surface area contributed by atoms with Gasteiger partial charge in [0.1, 0.15) is 5.75 Å². The van der Waals surface area contributed by atoms with Gasteiger partial charge in [-0.1, -0.05) is 12.1 Å². The Balaban J connectivity index is 2.21. The molecule has 2 aromatic rings. The van der Waals surface area contributed by atoms with Gasteiger partial charge in [0, 0.05) is 12.6 Å². The van der Waals surface area contributed by atoms with Crippen molar-refractivity contribution in [2.75, 3.05) is 0 Å². The van der Waals surface area contributed by atoms with Crippen molar-refractivity contribution in [1.29, 1.82) is 0 Å². The molecule has 0 unspecified atom stereocenters. The van der Waals surface area contributed by atoms with Crippen LogP contribution in [0.15, 0.2) is 30.5 Å². The molecule has 0 bridgehead atoms. The lowest BCUT2D eigenvalue weighted by Crippen LogP contribution is -2.06. The molecule has 1 heterocycles. The lowest BCUT2D eigenvalue weighted by molar-refractivity contribution is 0.242. The Morgan fingerprint density at radius 3 is 2.84 bits per heavy atom. The Kier molecular flexibility index (Phi) is 4.38. The molecule has 0 atom stereocenters. The standard InChI is InChI=1S/C15H17ClN2O/c1-10(2)19-13-6-4-5-12(7-13)8-14-11(3)9-17-15(16)18-14/h4-7,9-10H,8H2,1-3H3. The van der Waals surface area contributed by atoms with Crippen molar-refractivity contribution in [3.05, 3.63) is 52.6 Å². The van der Waals surface area contributed by atoms with Crippen LogP contribution in [0.4, 0.5) is 0 Å². The van der Waals surface area contributed by atoms with Gasteiger partial charge in [0.25, 0.3) is 0 Å². The summed E-state index contributed by atoms with van der Waals surface area (Å²) in [6.45, 7) is 6.02. The van der Waals surface area contributed by atoms with Crippen LogP contribution in [-0.2, 0) is 6.42 Å². The second-order valence-corrected chi connectivity index (χ2v) is 5.10. The molecule has 0 saturated carbocycles. The minimum atomic E-state index is 0.172. The van der Waals surface area contributed by atoms with Crippen LogP contribution >= 0.6 is 11.6 Å². The highest BCUT2D eigenvalue weighted by Crippen LogP contribution is 2.18. The summed E-state index contributed by atoms with van der Waals surface area (Å²) < 4.78 is 5.69. The molecule has 2 rings (SSSR count). The highest BCUT2D eigenvalue weighted by molar-refractivity contribution is 6.28. The van der Waals surface area contributed by atoms with Crippen molar-refractivity contribution in [3.63, 3.8) is 0 Å². The van der Waals surface area contributed by atoms with Crippen molar-refractivity contribution in [3.8, 4) is 5.75 Å². The van der Waals surface area contributed by atoms with Crippen molar-refractivity contribution >= 4 is 11.6 Å². The maximum Gasteiger partial charge on any atom is 0.222 e. The van der Waals surface area contributed by atoms with Crippen LogP contribution in [0.1, 0.15) is 30.7 Å². The summed E-state index contributed by atoms with van der Waals surface area (Å²) in [6, 6.07) is 8.05. The number of hydrogen-bond acceptors (Lipinski definition) is 3. The van der Waals surface area contributed by atoms with Crippen LogP contribution in [0.2, 0.25) is 5.28 Å². The number of ether oxygens (including phenoxy) is 1. The summed E-state index contributed by atoms with van der Waals surface area (Å²) in [5, 5.41) is 0.287. The number of aryl methyl sites for hydroxylation is 1. The number of nitrogens with zero attached hydrogens (tertiary/aromatic N) is 2. The van der Waals surface area contributed by atoms with E-state index < -0.39 is 0 Å². The molecule has 0 amide bonds. The SMILES string of the molecule is Cc1cnc(Cl)nc1Cc1cccc(OC(C)C)c1. The van der Waals surface area contributed by atoms with Gasteiger partial charge in [-0.25, -0.2) is 9.97 Å². The van der Waals surface area contributed by atoms with Gasteiger partial charge in [-0.05, 0) is 55.6 Å². The fraction of sp³-hybridized carbons (Fsp3) is 0.333. The zero-order valence-electron chi connectivity index (χ0n) is 11.4. The van der Waals surface area contributed by atoms with E-state index in [9.17, 15) is 0 Å². The first-order valence-electron chi connectivity index (χ1n) is 6.28. The first kappa shape index (κ1) is 13.8. The summed E-state index contributed by atoms with van der Waals surface area (Å²) in [7, 11) is 0. The Morgan fingerprint density at radius 1 is 1.32 bits per heavy atom. The van der Waals surface area contributed by atoms with E-state index in [4.69, 9.17) is 16.3 Å². The first-order chi connectivity index (χ1) is 9.04. The van der Waals surface area contributed by atoms with Gasteiger partial charge in [-0.15, -0.1) is 0 Å². The van der Waals surface area contributed by atoms with E-state index in [2.05, 4.69) is 16.0 Å². The molecule has 19 heavy (non-hydrogen) atoms. The summed E-state index contributed by atoms with van der Waals surface area (Å²) in [5.74, 6) is 0.880. The monoisotopic (exact) mass is 276 g/mol. The van der Waals surface area contributed by atoms with Crippen molar-refractivity contribution in [1.82, 2.24) is 9.97 Å². The van der Waals surface area contributed by atoms with Crippen LogP contribution in [0.25, 0.3) is 0 Å². The van der Waals surface area contributed by atoms with E-state index in [1.807, 2.05) is 39.0 Å². The Hall–Kier alpha value is -1.61.